The topological polar surface area (TPSA) is 186 Å². The van der Waals surface area contributed by atoms with Crippen molar-refractivity contribution in [2.45, 2.75) is 106 Å². The number of aliphatic hydroxyl groups excluding tert-OH is 6. The Hall–Kier alpha value is -0.520. The second-order valence-electron chi connectivity index (χ2n) is 8.60. The fraction of sp³-hybridized carbons (Fsp3) is 1.00. The molecule has 3 rings (SSSR count). The minimum absolute atomic E-state index is 0.181. The Balaban J connectivity index is 1.70. The van der Waals surface area contributed by atoms with E-state index in [0.29, 0.717) is 0 Å². The molecule has 0 radical (unpaired) electrons. The first-order valence-electron chi connectivity index (χ1n) is 11.0. The van der Waals surface area contributed by atoms with E-state index in [0.717, 1.165) is 0 Å². The smallest absolute Gasteiger partial charge is 0.187 e. The molecule has 14 atom stereocenters. The summed E-state index contributed by atoms with van der Waals surface area (Å²) in [5, 5.41) is 60.3. The second-order valence-corrected chi connectivity index (χ2v) is 8.60. The maximum Gasteiger partial charge on any atom is 0.187 e. The molecular weight excluding hydrogens is 448 g/mol. The van der Waals surface area contributed by atoms with Crippen molar-refractivity contribution in [2.24, 2.45) is 0 Å². The number of hydrogen-bond donors (Lipinski definition) is 6. The lowest BCUT2D eigenvalue weighted by Gasteiger charge is -2.48. The van der Waals surface area contributed by atoms with E-state index in [-0.39, 0.29) is 6.42 Å². The molecule has 3 aliphatic heterocycles. The average molecular weight is 484 g/mol. The van der Waals surface area contributed by atoms with Gasteiger partial charge in [0.25, 0.3) is 0 Å². The summed E-state index contributed by atoms with van der Waals surface area (Å²) in [6, 6.07) is 0. The van der Waals surface area contributed by atoms with E-state index < -0.39 is 92.6 Å². The van der Waals surface area contributed by atoms with Crippen LogP contribution in [0, 0.1) is 0 Å². The molecule has 13 heteroatoms. The molecule has 3 fully saturated rings. The summed E-state index contributed by atoms with van der Waals surface area (Å²) in [5.74, 6) is 0. The lowest BCUT2D eigenvalue weighted by atomic mass is 9.96. The Kier molecular flexibility index (Phi) is 9.42. The largest absolute Gasteiger partial charge is 0.394 e. The normalized spacial score (nSPS) is 51.5. The van der Waals surface area contributed by atoms with Crippen LogP contribution in [0.25, 0.3) is 0 Å². The van der Waals surface area contributed by atoms with Crippen LogP contribution in [0.15, 0.2) is 0 Å². The van der Waals surface area contributed by atoms with Crippen molar-refractivity contribution in [3.05, 3.63) is 0 Å². The first kappa shape index (κ1) is 27.1. The van der Waals surface area contributed by atoms with Crippen LogP contribution in [-0.2, 0) is 33.2 Å². The van der Waals surface area contributed by atoms with Crippen molar-refractivity contribution < 1.29 is 63.8 Å². The summed E-state index contributed by atoms with van der Waals surface area (Å²) in [4.78, 5) is 0. The van der Waals surface area contributed by atoms with Gasteiger partial charge in [-0.25, -0.2) is 0 Å². The van der Waals surface area contributed by atoms with Crippen molar-refractivity contribution in [3.63, 3.8) is 0 Å². The maximum absolute atomic E-state index is 10.9. The SMILES string of the molecule is CO[C@@H]1[C@@H](O)[C@H](O[C@@H]2[C@@H](C)OC(O)C[C@H]2OC)O[C@H](C)[C@H]1O[C@@H]1O[C@H](CO)[C@@H](O)[C@H](O)[C@H]1O. The molecule has 0 amide bonds. The van der Waals surface area contributed by atoms with E-state index in [2.05, 4.69) is 0 Å². The van der Waals surface area contributed by atoms with Gasteiger partial charge in [0.1, 0.15) is 48.8 Å². The molecule has 0 saturated carbocycles. The molecular formula is C20H36O13. The Labute approximate surface area is 191 Å². The molecule has 0 aromatic rings. The highest BCUT2D eigenvalue weighted by Gasteiger charge is 2.51. The second kappa shape index (κ2) is 11.5. The van der Waals surface area contributed by atoms with E-state index in [1.165, 1.54) is 14.2 Å². The van der Waals surface area contributed by atoms with Crippen LogP contribution in [0.2, 0.25) is 0 Å². The van der Waals surface area contributed by atoms with Gasteiger partial charge in [0.2, 0.25) is 0 Å². The molecule has 194 valence electrons. The zero-order valence-electron chi connectivity index (χ0n) is 19.0. The molecule has 0 aromatic heterocycles. The molecule has 3 heterocycles. The summed E-state index contributed by atoms with van der Waals surface area (Å²) >= 11 is 0. The monoisotopic (exact) mass is 484 g/mol. The molecule has 0 spiro atoms. The van der Waals surface area contributed by atoms with Gasteiger partial charge in [0.05, 0.1) is 24.9 Å². The molecule has 0 bridgehead atoms. The summed E-state index contributed by atoms with van der Waals surface area (Å²) in [6.07, 6.45) is -15.0. The van der Waals surface area contributed by atoms with Gasteiger partial charge in [-0.1, -0.05) is 0 Å². The fourth-order valence-electron chi connectivity index (χ4n) is 4.49. The Morgan fingerprint density at radius 3 is 1.91 bits per heavy atom. The molecule has 33 heavy (non-hydrogen) atoms. The van der Waals surface area contributed by atoms with Gasteiger partial charge in [-0.05, 0) is 13.8 Å². The van der Waals surface area contributed by atoms with Crippen LogP contribution >= 0.6 is 0 Å². The lowest BCUT2D eigenvalue weighted by molar-refractivity contribution is -0.369. The van der Waals surface area contributed by atoms with Crippen LogP contribution in [0.4, 0.5) is 0 Å². The van der Waals surface area contributed by atoms with Crippen LogP contribution < -0.4 is 0 Å². The molecule has 0 aromatic carbocycles. The number of aliphatic hydroxyl groups is 6. The predicted molar refractivity (Wildman–Crippen MR) is 107 cm³/mol. The van der Waals surface area contributed by atoms with Gasteiger partial charge < -0.3 is 63.8 Å². The summed E-state index contributed by atoms with van der Waals surface area (Å²) < 4.78 is 39.3. The van der Waals surface area contributed by atoms with E-state index in [1.54, 1.807) is 13.8 Å². The predicted octanol–water partition coefficient (Wildman–Crippen LogP) is -3.18. The fourth-order valence-corrected chi connectivity index (χ4v) is 4.49. The zero-order valence-corrected chi connectivity index (χ0v) is 19.0. The molecule has 3 aliphatic rings. The van der Waals surface area contributed by atoms with Crippen LogP contribution in [0.3, 0.4) is 0 Å². The van der Waals surface area contributed by atoms with E-state index in [9.17, 15) is 30.6 Å². The van der Waals surface area contributed by atoms with Crippen LogP contribution in [0.5, 0.6) is 0 Å². The lowest BCUT2D eigenvalue weighted by Crippen LogP contribution is -2.65. The number of methoxy groups -OCH3 is 2. The number of hydrogen-bond acceptors (Lipinski definition) is 13. The Morgan fingerprint density at radius 2 is 1.30 bits per heavy atom. The molecule has 1 unspecified atom stereocenters. The minimum atomic E-state index is -1.62. The van der Waals surface area contributed by atoms with Gasteiger partial charge in [-0.3, -0.25) is 0 Å². The van der Waals surface area contributed by atoms with Gasteiger partial charge in [0, 0.05) is 20.6 Å². The van der Waals surface area contributed by atoms with E-state index in [1.807, 2.05) is 0 Å². The van der Waals surface area contributed by atoms with Crippen LogP contribution in [-0.4, -0.2) is 137 Å². The van der Waals surface area contributed by atoms with Crippen molar-refractivity contribution in [2.75, 3.05) is 20.8 Å². The Morgan fingerprint density at radius 1 is 0.697 bits per heavy atom. The zero-order chi connectivity index (χ0) is 24.4. The minimum Gasteiger partial charge on any atom is -0.394 e. The first-order valence-corrected chi connectivity index (χ1v) is 11.0. The maximum atomic E-state index is 10.9. The molecule has 0 aliphatic carbocycles. The standard InChI is InChI=1S/C20H36O13/c1-7-16(9(27-3)5-11(22)29-7)32-20-15(26)18(28-4)17(8(2)30-20)33-19-14(25)13(24)12(23)10(6-21)31-19/h7-26H,5-6H2,1-4H3/t7-,8-,9-,10-,11?,12-,13+,14-,15-,16-,17-,18-,19+,20+/m1/s1. The summed E-state index contributed by atoms with van der Waals surface area (Å²) in [6.45, 7) is 2.74. The molecule has 6 N–H and O–H groups in total. The first-order chi connectivity index (χ1) is 15.6. The number of rotatable bonds is 7. The highest BCUT2D eigenvalue weighted by molar-refractivity contribution is 4.94. The van der Waals surface area contributed by atoms with Crippen molar-refractivity contribution >= 4 is 0 Å². The summed E-state index contributed by atoms with van der Waals surface area (Å²) in [5.41, 5.74) is 0. The van der Waals surface area contributed by atoms with Gasteiger partial charge in [0.15, 0.2) is 18.9 Å². The van der Waals surface area contributed by atoms with E-state index in [4.69, 9.17) is 33.2 Å². The Bertz CT molecular complexity index is 609. The number of ether oxygens (including phenoxy) is 7. The summed E-state index contributed by atoms with van der Waals surface area (Å²) in [7, 11) is 2.84. The van der Waals surface area contributed by atoms with Gasteiger partial charge >= 0.3 is 0 Å². The third-order valence-corrected chi connectivity index (χ3v) is 6.39. The van der Waals surface area contributed by atoms with Crippen LogP contribution in [0.1, 0.15) is 20.3 Å². The van der Waals surface area contributed by atoms with Crippen molar-refractivity contribution in [1.29, 1.82) is 0 Å². The van der Waals surface area contributed by atoms with E-state index >= 15 is 0 Å². The quantitative estimate of drug-likeness (QED) is 0.213. The third kappa shape index (κ3) is 5.67. The van der Waals surface area contributed by atoms with Crippen molar-refractivity contribution in [1.82, 2.24) is 0 Å². The molecule has 13 nitrogen and oxygen atoms in total. The highest BCUT2D eigenvalue weighted by atomic mass is 16.8. The molecule has 3 saturated heterocycles. The van der Waals surface area contributed by atoms with Gasteiger partial charge in [-0.2, -0.15) is 0 Å². The highest BCUT2D eigenvalue weighted by Crippen LogP contribution is 2.33. The van der Waals surface area contributed by atoms with Gasteiger partial charge in [-0.15, -0.1) is 0 Å². The van der Waals surface area contributed by atoms with Crippen molar-refractivity contribution in [3.8, 4) is 0 Å². The third-order valence-electron chi connectivity index (χ3n) is 6.39. The average Bonchev–Trinajstić information content (AvgIpc) is 2.78.